The third-order valence-electron chi connectivity index (χ3n) is 2.92. The van der Waals surface area contributed by atoms with E-state index >= 15 is 0 Å². The summed E-state index contributed by atoms with van der Waals surface area (Å²) in [5.41, 5.74) is 2.57. The van der Waals surface area contributed by atoms with Crippen LogP contribution in [0.4, 0.5) is 0 Å². The van der Waals surface area contributed by atoms with Crippen LogP contribution in [-0.4, -0.2) is 19.0 Å². The van der Waals surface area contributed by atoms with E-state index in [2.05, 4.69) is 27.9 Å². The Balaban J connectivity index is 2.43. The van der Waals surface area contributed by atoms with Crippen molar-refractivity contribution in [2.24, 2.45) is 0 Å². The minimum absolute atomic E-state index is 0.0401. The molecular weight excluding hydrogens is 333 g/mol. The molecule has 17 heavy (non-hydrogen) atoms. The van der Waals surface area contributed by atoms with Crippen LogP contribution in [0.5, 0.6) is 0 Å². The number of rotatable bonds is 2. The highest BCUT2D eigenvalue weighted by molar-refractivity contribution is 14.1. The average Bonchev–Trinajstić information content (AvgIpc) is 2.69. The normalized spacial score (nSPS) is 15.1. The minimum atomic E-state index is -0.311. The van der Waals surface area contributed by atoms with Gasteiger partial charge in [0.2, 0.25) is 0 Å². The molecule has 90 valence electrons. The first-order valence-electron chi connectivity index (χ1n) is 5.23. The van der Waals surface area contributed by atoms with Crippen molar-refractivity contribution < 1.29 is 14.3 Å². The molecule has 1 atom stereocenters. The SMILES string of the molecule is COC(=O)C(C)c1cc(I)c2c(c1)CNC2=O. The standard InChI is InChI=1S/C12H12INO3/c1-6(12(16)17-2)7-3-8-5-14-11(15)10(8)9(13)4-7/h3-4,6H,5H2,1-2H3,(H,14,15). The fourth-order valence-electron chi connectivity index (χ4n) is 1.91. The topological polar surface area (TPSA) is 55.4 Å². The number of hydrogen-bond donors (Lipinski definition) is 1. The number of carbonyl (C=O) groups excluding carboxylic acids is 2. The van der Waals surface area contributed by atoms with Gasteiger partial charge in [0.15, 0.2) is 0 Å². The van der Waals surface area contributed by atoms with Crippen LogP contribution < -0.4 is 5.32 Å². The monoisotopic (exact) mass is 345 g/mol. The van der Waals surface area contributed by atoms with Gasteiger partial charge in [0.1, 0.15) is 0 Å². The van der Waals surface area contributed by atoms with Gasteiger partial charge in [-0.3, -0.25) is 9.59 Å². The van der Waals surface area contributed by atoms with Crippen LogP contribution in [0, 0.1) is 3.57 Å². The molecule has 0 radical (unpaired) electrons. The Morgan fingerprint density at radius 1 is 1.53 bits per heavy atom. The molecule has 0 fully saturated rings. The maximum Gasteiger partial charge on any atom is 0.312 e. The highest BCUT2D eigenvalue weighted by atomic mass is 127. The molecule has 0 saturated heterocycles. The maximum absolute atomic E-state index is 11.6. The first-order chi connectivity index (χ1) is 8.04. The molecule has 1 N–H and O–H groups in total. The minimum Gasteiger partial charge on any atom is -0.469 e. The predicted molar refractivity (Wildman–Crippen MR) is 70.8 cm³/mol. The summed E-state index contributed by atoms with van der Waals surface area (Å²) in [4.78, 5) is 23.0. The number of hydrogen-bond acceptors (Lipinski definition) is 3. The molecule has 1 unspecified atom stereocenters. The number of benzene rings is 1. The molecule has 2 rings (SSSR count). The van der Waals surface area contributed by atoms with Crippen LogP contribution in [0.25, 0.3) is 0 Å². The zero-order valence-corrected chi connectivity index (χ0v) is 11.7. The van der Waals surface area contributed by atoms with Crippen LogP contribution >= 0.6 is 22.6 Å². The highest BCUT2D eigenvalue weighted by Gasteiger charge is 2.25. The largest absolute Gasteiger partial charge is 0.469 e. The lowest BCUT2D eigenvalue weighted by Gasteiger charge is -2.11. The molecule has 0 spiro atoms. The zero-order chi connectivity index (χ0) is 12.6. The number of ether oxygens (including phenoxy) is 1. The molecule has 1 amide bonds. The van der Waals surface area contributed by atoms with E-state index in [4.69, 9.17) is 4.74 Å². The Labute approximate surface area is 113 Å². The fraction of sp³-hybridized carbons (Fsp3) is 0.333. The van der Waals surface area contributed by atoms with Gasteiger partial charge in [0.25, 0.3) is 5.91 Å². The summed E-state index contributed by atoms with van der Waals surface area (Å²) in [5, 5.41) is 2.78. The maximum atomic E-state index is 11.6. The van der Waals surface area contributed by atoms with E-state index in [9.17, 15) is 9.59 Å². The smallest absolute Gasteiger partial charge is 0.312 e. The van der Waals surface area contributed by atoms with E-state index in [1.807, 2.05) is 12.1 Å². The molecule has 1 heterocycles. The van der Waals surface area contributed by atoms with E-state index in [-0.39, 0.29) is 17.8 Å². The van der Waals surface area contributed by atoms with Gasteiger partial charge < -0.3 is 10.1 Å². The van der Waals surface area contributed by atoms with Gasteiger partial charge in [0.05, 0.1) is 18.6 Å². The number of nitrogens with one attached hydrogen (secondary N) is 1. The average molecular weight is 345 g/mol. The Morgan fingerprint density at radius 2 is 2.24 bits per heavy atom. The molecule has 5 heteroatoms. The van der Waals surface area contributed by atoms with Crippen molar-refractivity contribution in [2.45, 2.75) is 19.4 Å². The second kappa shape index (κ2) is 4.64. The summed E-state index contributed by atoms with van der Waals surface area (Å²) in [7, 11) is 1.38. The summed E-state index contributed by atoms with van der Waals surface area (Å²) in [5.74, 6) is -0.616. The van der Waals surface area contributed by atoms with E-state index < -0.39 is 0 Å². The summed E-state index contributed by atoms with van der Waals surface area (Å²) < 4.78 is 5.60. The lowest BCUT2D eigenvalue weighted by molar-refractivity contribution is -0.141. The zero-order valence-electron chi connectivity index (χ0n) is 9.54. The Morgan fingerprint density at radius 3 is 2.88 bits per heavy atom. The van der Waals surface area contributed by atoms with Gasteiger partial charge in [-0.2, -0.15) is 0 Å². The fourth-order valence-corrected chi connectivity index (χ4v) is 2.86. The van der Waals surface area contributed by atoms with Crippen molar-refractivity contribution in [3.8, 4) is 0 Å². The van der Waals surface area contributed by atoms with E-state index in [1.165, 1.54) is 7.11 Å². The van der Waals surface area contributed by atoms with E-state index in [0.29, 0.717) is 6.54 Å². The Bertz CT molecular complexity index is 499. The molecule has 1 aliphatic heterocycles. The van der Waals surface area contributed by atoms with Crippen molar-refractivity contribution in [3.05, 3.63) is 32.4 Å². The number of methoxy groups -OCH3 is 1. The molecular formula is C12H12INO3. The van der Waals surface area contributed by atoms with Crippen LogP contribution in [-0.2, 0) is 16.1 Å². The summed E-state index contributed by atoms with van der Waals surface area (Å²) in [6.45, 7) is 2.33. The second-order valence-corrected chi connectivity index (χ2v) is 5.13. The second-order valence-electron chi connectivity index (χ2n) is 3.96. The Hall–Kier alpha value is -1.11. The number of fused-ring (bicyclic) bond motifs is 1. The van der Waals surface area contributed by atoms with Crippen LogP contribution in [0.3, 0.4) is 0 Å². The quantitative estimate of drug-likeness (QED) is 0.657. The van der Waals surface area contributed by atoms with Crippen molar-refractivity contribution >= 4 is 34.5 Å². The summed E-state index contributed by atoms with van der Waals surface area (Å²) in [6, 6.07) is 3.77. The number of carbonyl (C=O) groups is 2. The van der Waals surface area contributed by atoms with Gasteiger partial charge >= 0.3 is 5.97 Å². The van der Waals surface area contributed by atoms with Crippen molar-refractivity contribution in [2.75, 3.05) is 7.11 Å². The number of halogens is 1. The third-order valence-corrected chi connectivity index (χ3v) is 3.77. The Kier molecular flexibility index (Phi) is 3.37. The summed E-state index contributed by atoms with van der Waals surface area (Å²) >= 11 is 2.12. The van der Waals surface area contributed by atoms with Crippen molar-refractivity contribution in [1.82, 2.24) is 5.32 Å². The lowest BCUT2D eigenvalue weighted by atomic mass is 9.97. The third kappa shape index (κ3) is 2.15. The van der Waals surface area contributed by atoms with Crippen LogP contribution in [0.2, 0.25) is 0 Å². The predicted octanol–water partition coefficient (Wildman–Crippen LogP) is 1.81. The first kappa shape index (κ1) is 12.3. The van der Waals surface area contributed by atoms with Gasteiger partial charge in [0, 0.05) is 10.1 Å². The first-order valence-corrected chi connectivity index (χ1v) is 6.30. The van der Waals surface area contributed by atoms with Gasteiger partial charge in [-0.05, 0) is 46.7 Å². The van der Waals surface area contributed by atoms with E-state index in [0.717, 1.165) is 20.3 Å². The molecule has 1 aliphatic rings. The highest BCUT2D eigenvalue weighted by Crippen LogP contribution is 2.27. The molecule has 0 aromatic heterocycles. The number of amides is 1. The molecule has 1 aromatic carbocycles. The van der Waals surface area contributed by atoms with Crippen LogP contribution in [0.15, 0.2) is 12.1 Å². The van der Waals surface area contributed by atoms with Crippen molar-refractivity contribution in [1.29, 1.82) is 0 Å². The van der Waals surface area contributed by atoms with Gasteiger partial charge in [-0.25, -0.2) is 0 Å². The van der Waals surface area contributed by atoms with Crippen LogP contribution in [0.1, 0.15) is 34.3 Å². The number of esters is 1. The molecule has 4 nitrogen and oxygen atoms in total. The van der Waals surface area contributed by atoms with Crippen molar-refractivity contribution in [3.63, 3.8) is 0 Å². The van der Waals surface area contributed by atoms with E-state index in [1.54, 1.807) is 6.92 Å². The molecule has 0 aliphatic carbocycles. The molecule has 0 saturated carbocycles. The van der Waals surface area contributed by atoms with Gasteiger partial charge in [-0.15, -0.1) is 0 Å². The molecule has 1 aromatic rings. The summed E-state index contributed by atoms with van der Waals surface area (Å²) in [6.07, 6.45) is 0. The van der Waals surface area contributed by atoms with Gasteiger partial charge in [-0.1, -0.05) is 6.07 Å². The lowest BCUT2D eigenvalue weighted by Crippen LogP contribution is -2.13. The molecule has 0 bridgehead atoms.